The van der Waals surface area contributed by atoms with Gasteiger partial charge in [0.05, 0.1) is 0 Å². The summed E-state index contributed by atoms with van der Waals surface area (Å²) in [6, 6.07) is 0. The van der Waals surface area contributed by atoms with Crippen LogP contribution in [0.4, 0.5) is 0 Å². The molecule has 0 N–H and O–H groups in total. The first kappa shape index (κ1) is 7.84. The van der Waals surface area contributed by atoms with Gasteiger partial charge >= 0.3 is 0 Å². The zero-order valence-corrected chi connectivity index (χ0v) is 7.06. The molecule has 1 rings (SSSR count). The molecule has 0 aromatic heterocycles. The third-order valence-corrected chi connectivity index (χ3v) is 2.84. The molecule has 1 aliphatic rings. The highest BCUT2D eigenvalue weighted by atomic mass is 14.3. The third kappa shape index (κ3) is 1.42. The topological polar surface area (TPSA) is 0 Å². The summed E-state index contributed by atoms with van der Waals surface area (Å²) in [6.07, 6.45) is 7.42. The Hall–Kier alpha value is -0.260. The Morgan fingerprint density at radius 3 is 2.20 bits per heavy atom. The molecule has 1 fully saturated rings. The molecular weight excluding hydrogens is 120 g/mol. The van der Waals surface area contributed by atoms with Crippen LogP contribution in [-0.4, -0.2) is 0 Å². The third-order valence-electron chi connectivity index (χ3n) is 2.84. The molecule has 0 saturated heterocycles. The van der Waals surface area contributed by atoms with Crippen molar-refractivity contribution in [1.29, 1.82) is 0 Å². The lowest BCUT2D eigenvalue weighted by Gasteiger charge is -2.27. The number of hydrogen-bond donors (Lipinski definition) is 0. The van der Waals surface area contributed by atoms with Gasteiger partial charge in [0.15, 0.2) is 0 Å². The van der Waals surface area contributed by atoms with Gasteiger partial charge in [-0.05, 0) is 24.2 Å². The molecule has 1 saturated carbocycles. The standard InChI is InChI=1S/C10H17/c1-4-10(2,3)9-7-5-6-8-9/h1,4,9H,5-8H2,2-3H3. The Kier molecular flexibility index (Phi) is 2.18. The predicted molar refractivity (Wildman–Crippen MR) is 44.6 cm³/mol. The van der Waals surface area contributed by atoms with Crippen LogP contribution in [0, 0.1) is 17.9 Å². The molecule has 0 bridgehead atoms. The van der Waals surface area contributed by atoms with E-state index in [2.05, 4.69) is 13.8 Å². The summed E-state index contributed by atoms with van der Waals surface area (Å²) < 4.78 is 0. The van der Waals surface area contributed by atoms with E-state index in [0.717, 1.165) is 5.92 Å². The van der Waals surface area contributed by atoms with Crippen molar-refractivity contribution in [3.8, 4) is 0 Å². The number of rotatable bonds is 2. The lowest BCUT2D eigenvalue weighted by Crippen LogP contribution is -2.18. The molecule has 10 heavy (non-hydrogen) atoms. The second-order valence-corrected chi connectivity index (χ2v) is 3.97. The van der Waals surface area contributed by atoms with E-state index in [-0.39, 0.29) is 5.41 Å². The van der Waals surface area contributed by atoms with Crippen LogP contribution in [-0.2, 0) is 0 Å². The summed E-state index contributed by atoms with van der Waals surface area (Å²) in [7, 11) is 0. The molecule has 0 aromatic rings. The van der Waals surface area contributed by atoms with Gasteiger partial charge in [0.1, 0.15) is 0 Å². The summed E-state index contributed by atoms with van der Waals surface area (Å²) >= 11 is 0. The minimum Gasteiger partial charge on any atom is -0.0786 e. The zero-order valence-electron chi connectivity index (χ0n) is 7.06. The Morgan fingerprint density at radius 2 is 1.80 bits per heavy atom. The molecule has 0 unspecified atom stereocenters. The van der Waals surface area contributed by atoms with Gasteiger partial charge in [0, 0.05) is 0 Å². The average molecular weight is 137 g/mol. The summed E-state index contributed by atoms with van der Waals surface area (Å²) in [5, 5.41) is 0. The summed E-state index contributed by atoms with van der Waals surface area (Å²) in [4.78, 5) is 0. The smallest absolute Gasteiger partial charge is 0.0143 e. The minimum atomic E-state index is 0.274. The van der Waals surface area contributed by atoms with Crippen molar-refractivity contribution in [1.82, 2.24) is 0 Å². The van der Waals surface area contributed by atoms with E-state index in [4.69, 9.17) is 6.58 Å². The van der Waals surface area contributed by atoms with Gasteiger partial charge in [-0.15, -0.1) is 0 Å². The largest absolute Gasteiger partial charge is 0.0786 e. The molecule has 0 heteroatoms. The van der Waals surface area contributed by atoms with Crippen LogP contribution in [0.25, 0.3) is 0 Å². The van der Waals surface area contributed by atoms with Crippen LogP contribution < -0.4 is 0 Å². The van der Waals surface area contributed by atoms with Gasteiger partial charge in [0.25, 0.3) is 0 Å². The second kappa shape index (κ2) is 2.77. The summed E-state index contributed by atoms with van der Waals surface area (Å²) in [5.74, 6) is 0.845. The van der Waals surface area contributed by atoms with Crippen LogP contribution in [0.15, 0.2) is 6.08 Å². The van der Waals surface area contributed by atoms with E-state index in [0.29, 0.717) is 0 Å². The Labute approximate surface area is 64.3 Å². The van der Waals surface area contributed by atoms with E-state index in [1.807, 2.05) is 6.08 Å². The first-order valence-corrected chi connectivity index (χ1v) is 4.23. The second-order valence-electron chi connectivity index (χ2n) is 3.97. The fourth-order valence-electron chi connectivity index (χ4n) is 1.81. The van der Waals surface area contributed by atoms with E-state index in [9.17, 15) is 0 Å². The van der Waals surface area contributed by atoms with Gasteiger partial charge < -0.3 is 0 Å². The lowest BCUT2D eigenvalue weighted by molar-refractivity contribution is 0.290. The molecule has 1 aliphatic carbocycles. The fourth-order valence-corrected chi connectivity index (χ4v) is 1.81. The van der Waals surface area contributed by atoms with Gasteiger partial charge in [-0.1, -0.05) is 39.3 Å². The molecule has 0 atom stereocenters. The highest BCUT2D eigenvalue weighted by molar-refractivity contribution is 4.93. The van der Waals surface area contributed by atoms with Crippen LogP contribution >= 0.6 is 0 Å². The number of allylic oxidation sites excluding steroid dienone is 1. The maximum Gasteiger partial charge on any atom is -0.0143 e. The van der Waals surface area contributed by atoms with Gasteiger partial charge in [0.2, 0.25) is 0 Å². The molecular formula is C10H17. The monoisotopic (exact) mass is 137 g/mol. The van der Waals surface area contributed by atoms with Gasteiger partial charge in [-0.2, -0.15) is 0 Å². The maximum atomic E-state index is 5.56. The van der Waals surface area contributed by atoms with Crippen LogP contribution in [0.1, 0.15) is 39.5 Å². The van der Waals surface area contributed by atoms with Crippen LogP contribution in [0.3, 0.4) is 0 Å². The molecule has 0 aromatic carbocycles. The lowest BCUT2D eigenvalue weighted by atomic mass is 9.78. The van der Waals surface area contributed by atoms with Crippen molar-refractivity contribution in [2.24, 2.45) is 11.3 Å². The first-order valence-electron chi connectivity index (χ1n) is 4.23. The fraction of sp³-hybridized carbons (Fsp3) is 0.800. The van der Waals surface area contributed by atoms with Gasteiger partial charge in [-0.25, -0.2) is 0 Å². The normalized spacial score (nSPS) is 21.4. The molecule has 57 valence electrons. The van der Waals surface area contributed by atoms with Crippen molar-refractivity contribution >= 4 is 0 Å². The van der Waals surface area contributed by atoms with Crippen molar-refractivity contribution in [3.05, 3.63) is 12.7 Å². The highest BCUT2D eigenvalue weighted by Gasteiger charge is 2.28. The Bertz CT molecular complexity index is 116. The zero-order chi connectivity index (χ0) is 7.61. The van der Waals surface area contributed by atoms with Crippen molar-refractivity contribution in [2.45, 2.75) is 39.5 Å². The quantitative estimate of drug-likeness (QED) is 0.548. The first-order chi connectivity index (χ1) is 4.67. The van der Waals surface area contributed by atoms with Crippen LogP contribution in [0.5, 0.6) is 0 Å². The Morgan fingerprint density at radius 1 is 1.30 bits per heavy atom. The molecule has 0 aliphatic heterocycles. The SMILES string of the molecule is [CH]=CC(C)(C)C1CCCC1. The molecule has 0 spiro atoms. The Balaban J connectivity index is 2.53. The van der Waals surface area contributed by atoms with Gasteiger partial charge in [-0.3, -0.25) is 0 Å². The van der Waals surface area contributed by atoms with E-state index < -0.39 is 0 Å². The van der Waals surface area contributed by atoms with Crippen molar-refractivity contribution in [3.63, 3.8) is 0 Å². The molecule has 1 radical (unpaired) electrons. The average Bonchev–Trinajstić information content (AvgIpc) is 2.38. The van der Waals surface area contributed by atoms with E-state index in [1.54, 1.807) is 0 Å². The molecule has 0 heterocycles. The van der Waals surface area contributed by atoms with E-state index >= 15 is 0 Å². The van der Waals surface area contributed by atoms with Crippen LogP contribution in [0.2, 0.25) is 0 Å². The minimum absolute atomic E-state index is 0.274. The predicted octanol–water partition coefficient (Wildman–Crippen LogP) is 3.19. The van der Waals surface area contributed by atoms with Crippen molar-refractivity contribution < 1.29 is 0 Å². The maximum absolute atomic E-state index is 5.56. The van der Waals surface area contributed by atoms with Crippen molar-refractivity contribution in [2.75, 3.05) is 0 Å². The summed E-state index contributed by atoms with van der Waals surface area (Å²) in [5.41, 5.74) is 0.274. The molecule has 0 nitrogen and oxygen atoms in total. The molecule has 0 amide bonds. The summed E-state index contributed by atoms with van der Waals surface area (Å²) in [6.45, 7) is 10.0. The number of hydrogen-bond acceptors (Lipinski definition) is 0. The van der Waals surface area contributed by atoms with E-state index in [1.165, 1.54) is 25.7 Å². The highest BCUT2D eigenvalue weighted by Crippen LogP contribution is 2.39.